The maximum Gasteiger partial charge on any atom is 0.472 e. The van der Waals surface area contributed by atoms with E-state index in [4.69, 9.17) is 13.8 Å². The highest BCUT2D eigenvalue weighted by atomic mass is 31.2. The molecule has 0 aliphatic carbocycles. The van der Waals surface area contributed by atoms with Crippen LogP contribution in [0.5, 0.6) is 0 Å². The molecule has 0 aliphatic heterocycles. The van der Waals surface area contributed by atoms with Crippen molar-refractivity contribution in [2.75, 3.05) is 40.9 Å². The van der Waals surface area contributed by atoms with Gasteiger partial charge in [-0.15, -0.1) is 0 Å². The fourth-order valence-electron chi connectivity index (χ4n) is 9.98. The molecule has 0 aromatic heterocycles. The predicted molar refractivity (Wildman–Crippen MR) is 373 cm³/mol. The van der Waals surface area contributed by atoms with Crippen molar-refractivity contribution in [2.45, 2.75) is 322 Å². The number of phosphoric ester groups is 1. The number of allylic oxidation sites excluding steroid dienone is 17. The highest BCUT2D eigenvalue weighted by molar-refractivity contribution is 7.47. The van der Waals surface area contributed by atoms with Crippen LogP contribution in [0.15, 0.2) is 109 Å². The number of esters is 1. The van der Waals surface area contributed by atoms with Crippen molar-refractivity contribution in [2.24, 2.45) is 0 Å². The van der Waals surface area contributed by atoms with Gasteiger partial charge in [0.05, 0.1) is 33.8 Å². The Morgan fingerprint density at radius 1 is 0.419 bits per heavy atom. The minimum Gasteiger partial charge on any atom is -0.456 e. The van der Waals surface area contributed by atoms with Gasteiger partial charge in [-0.2, -0.15) is 0 Å². The van der Waals surface area contributed by atoms with E-state index in [0.717, 1.165) is 128 Å². The van der Waals surface area contributed by atoms with Gasteiger partial charge in [0.25, 0.3) is 0 Å². The van der Waals surface area contributed by atoms with Crippen molar-refractivity contribution in [1.29, 1.82) is 0 Å². The van der Waals surface area contributed by atoms with E-state index in [-0.39, 0.29) is 31.5 Å². The lowest BCUT2D eigenvalue weighted by Gasteiger charge is -2.27. The largest absolute Gasteiger partial charge is 0.472 e. The molecule has 0 spiro atoms. The highest BCUT2D eigenvalue weighted by Gasteiger charge is 2.30. The number of ether oxygens (including phenoxy) is 1. The lowest BCUT2D eigenvalue weighted by Crippen LogP contribution is -2.47. The number of rotatable bonds is 64. The molecule has 0 aromatic rings. The molecule has 0 heterocycles. The molecule has 10 heteroatoms. The Bertz CT molecular complexity index is 1840. The molecule has 496 valence electrons. The van der Waals surface area contributed by atoms with Crippen LogP contribution < -0.4 is 5.32 Å². The maximum atomic E-state index is 13.6. The molecule has 0 radical (unpaired) electrons. The quantitative estimate of drug-likeness (QED) is 0.0205. The van der Waals surface area contributed by atoms with Gasteiger partial charge in [0.15, 0.2) is 0 Å². The number of nitrogens with zero attached hydrogens (tertiary/aromatic N) is 1. The van der Waals surface area contributed by atoms with E-state index in [9.17, 15) is 19.0 Å². The van der Waals surface area contributed by atoms with Gasteiger partial charge in [-0.3, -0.25) is 18.6 Å². The Morgan fingerprint density at radius 3 is 1.14 bits per heavy atom. The minimum atomic E-state index is -4.46. The molecular formula is C76H136N2O7P+. The Labute approximate surface area is 531 Å². The number of phosphoric acid groups is 1. The summed E-state index contributed by atoms with van der Waals surface area (Å²) in [5.74, 6) is -0.515. The average Bonchev–Trinajstić information content (AvgIpc) is 3.65. The fraction of sp³-hybridized carbons (Fsp3) is 0.737. The van der Waals surface area contributed by atoms with Crippen LogP contribution in [-0.4, -0.2) is 74.3 Å². The summed E-state index contributed by atoms with van der Waals surface area (Å²) in [6.07, 6.45) is 89.5. The lowest BCUT2D eigenvalue weighted by molar-refractivity contribution is -0.870. The molecule has 3 unspecified atom stereocenters. The third-order valence-corrected chi connectivity index (χ3v) is 16.4. The van der Waals surface area contributed by atoms with Crippen LogP contribution in [-0.2, 0) is 27.9 Å². The van der Waals surface area contributed by atoms with Gasteiger partial charge >= 0.3 is 13.8 Å². The molecule has 0 fully saturated rings. The first-order valence-electron chi connectivity index (χ1n) is 35.7. The smallest absolute Gasteiger partial charge is 0.456 e. The van der Waals surface area contributed by atoms with Gasteiger partial charge in [0, 0.05) is 12.8 Å². The third-order valence-electron chi connectivity index (χ3n) is 15.4. The summed E-state index contributed by atoms with van der Waals surface area (Å²) in [7, 11) is 1.48. The predicted octanol–water partition coefficient (Wildman–Crippen LogP) is 22.8. The summed E-state index contributed by atoms with van der Waals surface area (Å²) in [6, 6.07) is -0.861. The van der Waals surface area contributed by atoms with Gasteiger partial charge in [-0.05, 0) is 115 Å². The zero-order valence-electron chi connectivity index (χ0n) is 56.8. The molecule has 0 saturated heterocycles. The first-order chi connectivity index (χ1) is 41.9. The van der Waals surface area contributed by atoms with E-state index in [1.807, 2.05) is 33.3 Å². The number of quaternary nitrogens is 1. The Hall–Kier alpha value is -3.33. The van der Waals surface area contributed by atoms with Crippen LogP contribution >= 0.6 is 7.82 Å². The van der Waals surface area contributed by atoms with Crippen LogP contribution in [0, 0.1) is 0 Å². The molecule has 0 aliphatic rings. The number of carbonyl (C=O) groups excluding carboxylic acids is 2. The van der Waals surface area contributed by atoms with Crippen LogP contribution in [0.2, 0.25) is 0 Å². The van der Waals surface area contributed by atoms with Crippen molar-refractivity contribution in [3.63, 3.8) is 0 Å². The zero-order valence-corrected chi connectivity index (χ0v) is 57.7. The van der Waals surface area contributed by atoms with Crippen molar-refractivity contribution in [1.82, 2.24) is 5.32 Å². The number of hydrogen-bond donors (Lipinski definition) is 2. The van der Waals surface area contributed by atoms with E-state index in [0.29, 0.717) is 17.4 Å². The van der Waals surface area contributed by atoms with Gasteiger partial charge in [-0.25, -0.2) is 4.57 Å². The van der Waals surface area contributed by atoms with Crippen LogP contribution in [0.4, 0.5) is 0 Å². The SMILES string of the molecule is CC/C=C\C/C=C\C/C=C\C/C=C\C/C=C\CCCCCCCCCCCC(=O)OC(/C=C/CCCCCCCCCCCC)C(COP(=O)(O)OCC[N+](C)(C)C)NC(=O)CCCCCCCCCCCC/C=C\C/C=C\C/C=C\CCCCC. The van der Waals surface area contributed by atoms with E-state index in [2.05, 4.69) is 123 Å². The van der Waals surface area contributed by atoms with E-state index in [1.165, 1.54) is 148 Å². The molecule has 9 nitrogen and oxygen atoms in total. The van der Waals surface area contributed by atoms with Gasteiger partial charge in [0.2, 0.25) is 5.91 Å². The molecule has 3 atom stereocenters. The van der Waals surface area contributed by atoms with E-state index in [1.54, 1.807) is 0 Å². The third kappa shape index (κ3) is 65.1. The van der Waals surface area contributed by atoms with Gasteiger partial charge in [0.1, 0.15) is 19.3 Å². The van der Waals surface area contributed by atoms with E-state index >= 15 is 0 Å². The number of hydrogen-bond acceptors (Lipinski definition) is 6. The number of nitrogens with one attached hydrogen (secondary N) is 1. The maximum absolute atomic E-state index is 13.6. The van der Waals surface area contributed by atoms with Gasteiger partial charge < -0.3 is 19.4 Å². The lowest BCUT2D eigenvalue weighted by atomic mass is 10.0. The number of unbranched alkanes of at least 4 members (excludes halogenated alkanes) is 32. The molecular weight excluding hydrogens is 1080 g/mol. The van der Waals surface area contributed by atoms with Crippen molar-refractivity contribution in [3.05, 3.63) is 109 Å². The molecule has 1 amide bonds. The molecule has 0 aromatic carbocycles. The van der Waals surface area contributed by atoms with Crippen molar-refractivity contribution < 1.29 is 37.3 Å². The second kappa shape index (κ2) is 64.6. The first kappa shape index (κ1) is 82.7. The van der Waals surface area contributed by atoms with Crippen LogP contribution in [0.3, 0.4) is 0 Å². The standard InChI is InChI=1S/C76H135N2O7P/c1-7-10-13-16-19-22-25-28-30-32-34-36-38-39-41-43-45-47-49-51-54-57-60-63-66-69-76(80)85-74(67-64-61-58-55-52-27-24-21-18-15-12-9-3)73(72-84-86(81,82)83-71-70-78(4,5)6)77-75(79)68-65-62-59-56-53-50-48-46-44-42-40-37-35-33-31-29-26-23-20-17-14-11-8-2/h10,13,19-20,22-23,28-31,34-37,39,41,64,67,73-74H,7-9,11-12,14-18,21,24-27,32-33,38,40,42-63,65-66,68-72H2,1-6H3,(H-,77,79,81,82)/p+1/b13-10-,22-19-,23-20-,30-28-,31-29-,36-34-,37-35-,41-39-,67-64+. The summed E-state index contributed by atoms with van der Waals surface area (Å²) < 4.78 is 30.8. The number of amides is 1. The second-order valence-electron chi connectivity index (χ2n) is 25.0. The van der Waals surface area contributed by atoms with Gasteiger partial charge in [-0.1, -0.05) is 291 Å². The normalized spacial score (nSPS) is 14.2. The molecule has 0 bridgehead atoms. The summed E-state index contributed by atoms with van der Waals surface area (Å²) in [5, 5.41) is 3.07. The Kier molecular flexibility index (Phi) is 62.1. The summed E-state index contributed by atoms with van der Waals surface area (Å²) in [5.41, 5.74) is 0. The minimum absolute atomic E-state index is 0.0340. The summed E-state index contributed by atoms with van der Waals surface area (Å²) >= 11 is 0. The van der Waals surface area contributed by atoms with Crippen LogP contribution in [0.1, 0.15) is 310 Å². The monoisotopic (exact) mass is 1220 g/mol. The average molecular weight is 1220 g/mol. The summed E-state index contributed by atoms with van der Waals surface area (Å²) in [4.78, 5) is 37.9. The highest BCUT2D eigenvalue weighted by Crippen LogP contribution is 2.43. The number of carbonyl (C=O) groups is 2. The van der Waals surface area contributed by atoms with Crippen LogP contribution in [0.25, 0.3) is 0 Å². The van der Waals surface area contributed by atoms with Crippen molar-refractivity contribution >= 4 is 19.7 Å². The number of likely N-dealkylation sites (N-methyl/N-ethyl adjacent to an activating group) is 1. The zero-order chi connectivity index (χ0) is 62.8. The topological polar surface area (TPSA) is 111 Å². The van der Waals surface area contributed by atoms with Crippen molar-refractivity contribution in [3.8, 4) is 0 Å². The fourth-order valence-corrected chi connectivity index (χ4v) is 10.7. The first-order valence-corrected chi connectivity index (χ1v) is 37.2. The summed E-state index contributed by atoms with van der Waals surface area (Å²) in [6.45, 7) is 6.88. The van der Waals surface area contributed by atoms with E-state index < -0.39 is 20.0 Å². The molecule has 2 N–H and O–H groups in total. The molecule has 0 saturated carbocycles. The second-order valence-corrected chi connectivity index (χ2v) is 26.5. The Balaban J connectivity index is 5.10. The Morgan fingerprint density at radius 2 is 0.744 bits per heavy atom. The molecule has 86 heavy (non-hydrogen) atoms. The molecule has 0 rings (SSSR count).